The minimum atomic E-state index is -0.221. The third-order valence-corrected chi connectivity index (χ3v) is 4.55. The average Bonchev–Trinajstić information content (AvgIpc) is 2.96. The number of nitrogens with zero attached hydrogens (tertiary/aromatic N) is 1. The molecule has 0 aliphatic heterocycles. The standard InChI is InChI=1S/C14H23NOS/c1-9(10-5-6-10)11(16)7-13-15-12(8-17-13)14(2,3)4/h8-11,16H,5-7H2,1-4H3. The minimum Gasteiger partial charge on any atom is -0.392 e. The van der Waals surface area contributed by atoms with Crippen molar-refractivity contribution in [1.82, 2.24) is 4.98 Å². The summed E-state index contributed by atoms with van der Waals surface area (Å²) in [5, 5.41) is 13.4. The zero-order chi connectivity index (χ0) is 12.6. The van der Waals surface area contributed by atoms with Crippen molar-refractivity contribution in [1.29, 1.82) is 0 Å². The summed E-state index contributed by atoms with van der Waals surface area (Å²) in [7, 11) is 0. The number of aliphatic hydroxyl groups excluding tert-OH is 1. The van der Waals surface area contributed by atoms with Gasteiger partial charge in [-0.3, -0.25) is 0 Å². The molecule has 3 heteroatoms. The molecule has 1 aliphatic carbocycles. The van der Waals surface area contributed by atoms with Crippen LogP contribution in [-0.2, 0) is 11.8 Å². The summed E-state index contributed by atoms with van der Waals surface area (Å²) in [5.74, 6) is 1.18. The van der Waals surface area contributed by atoms with E-state index in [1.807, 2.05) is 0 Å². The van der Waals surface area contributed by atoms with Crippen molar-refractivity contribution in [2.75, 3.05) is 0 Å². The zero-order valence-corrected chi connectivity index (χ0v) is 12.0. The van der Waals surface area contributed by atoms with E-state index in [-0.39, 0.29) is 11.5 Å². The van der Waals surface area contributed by atoms with Gasteiger partial charge in [-0.1, -0.05) is 27.7 Å². The van der Waals surface area contributed by atoms with E-state index in [1.54, 1.807) is 11.3 Å². The predicted octanol–water partition coefficient (Wildman–Crippen LogP) is 3.39. The fraction of sp³-hybridized carbons (Fsp3) is 0.786. The van der Waals surface area contributed by atoms with Gasteiger partial charge in [0.15, 0.2) is 0 Å². The molecule has 0 radical (unpaired) electrons. The van der Waals surface area contributed by atoms with E-state index in [4.69, 9.17) is 0 Å². The van der Waals surface area contributed by atoms with Crippen molar-refractivity contribution in [2.45, 2.75) is 58.5 Å². The second-order valence-corrected chi connectivity index (χ2v) is 7.29. The molecule has 0 amide bonds. The Balaban J connectivity index is 1.96. The molecular weight excluding hydrogens is 230 g/mol. The first-order valence-electron chi connectivity index (χ1n) is 6.51. The molecule has 2 atom stereocenters. The highest BCUT2D eigenvalue weighted by molar-refractivity contribution is 7.09. The Kier molecular flexibility index (Phi) is 3.60. The molecular formula is C14H23NOS. The van der Waals surface area contributed by atoms with Crippen LogP contribution in [0.15, 0.2) is 5.38 Å². The Labute approximate surface area is 108 Å². The molecule has 1 fully saturated rings. The molecule has 2 unspecified atom stereocenters. The van der Waals surface area contributed by atoms with Crippen LogP contribution in [0.5, 0.6) is 0 Å². The summed E-state index contributed by atoms with van der Waals surface area (Å²) in [4.78, 5) is 4.64. The number of rotatable bonds is 4. The van der Waals surface area contributed by atoms with Crippen molar-refractivity contribution in [3.63, 3.8) is 0 Å². The molecule has 2 rings (SSSR count). The van der Waals surface area contributed by atoms with Gasteiger partial charge in [0.1, 0.15) is 0 Å². The Morgan fingerprint density at radius 1 is 1.47 bits per heavy atom. The summed E-state index contributed by atoms with van der Waals surface area (Å²) < 4.78 is 0. The Morgan fingerprint density at radius 2 is 2.12 bits per heavy atom. The van der Waals surface area contributed by atoms with Crippen LogP contribution in [0.2, 0.25) is 0 Å². The summed E-state index contributed by atoms with van der Waals surface area (Å²) in [6.07, 6.45) is 3.09. The molecule has 2 nitrogen and oxygen atoms in total. The van der Waals surface area contributed by atoms with Gasteiger partial charge in [-0.15, -0.1) is 11.3 Å². The number of aliphatic hydroxyl groups is 1. The van der Waals surface area contributed by atoms with Gasteiger partial charge in [-0.2, -0.15) is 0 Å². The fourth-order valence-corrected chi connectivity index (χ4v) is 3.12. The second kappa shape index (κ2) is 4.69. The molecule has 0 bridgehead atoms. The first kappa shape index (κ1) is 13.0. The number of thiazole rings is 1. The number of aromatic nitrogens is 1. The van der Waals surface area contributed by atoms with Crippen molar-refractivity contribution in [3.05, 3.63) is 16.1 Å². The van der Waals surface area contributed by atoms with Gasteiger partial charge in [-0.05, 0) is 24.7 Å². The molecule has 1 heterocycles. The maximum Gasteiger partial charge on any atom is 0.0954 e. The van der Waals surface area contributed by atoms with Crippen LogP contribution in [-0.4, -0.2) is 16.2 Å². The highest BCUT2D eigenvalue weighted by Gasteiger charge is 2.32. The maximum atomic E-state index is 10.2. The largest absolute Gasteiger partial charge is 0.392 e. The van der Waals surface area contributed by atoms with E-state index in [1.165, 1.54) is 12.8 Å². The molecule has 1 N–H and O–H groups in total. The van der Waals surface area contributed by atoms with E-state index < -0.39 is 0 Å². The van der Waals surface area contributed by atoms with Gasteiger partial charge in [0.25, 0.3) is 0 Å². The van der Waals surface area contributed by atoms with Crippen LogP contribution in [0.4, 0.5) is 0 Å². The molecule has 1 aromatic heterocycles. The second-order valence-electron chi connectivity index (χ2n) is 6.34. The number of hydrogen-bond donors (Lipinski definition) is 1. The first-order valence-corrected chi connectivity index (χ1v) is 7.39. The Hall–Kier alpha value is -0.410. The van der Waals surface area contributed by atoms with Gasteiger partial charge in [-0.25, -0.2) is 4.98 Å². The van der Waals surface area contributed by atoms with E-state index in [0.29, 0.717) is 5.92 Å². The lowest BCUT2D eigenvalue weighted by Gasteiger charge is -2.17. The van der Waals surface area contributed by atoms with Crippen molar-refractivity contribution < 1.29 is 5.11 Å². The summed E-state index contributed by atoms with van der Waals surface area (Å²) in [5.41, 5.74) is 1.26. The monoisotopic (exact) mass is 253 g/mol. The maximum absolute atomic E-state index is 10.2. The molecule has 0 spiro atoms. The summed E-state index contributed by atoms with van der Waals surface area (Å²) >= 11 is 1.68. The van der Waals surface area contributed by atoms with Gasteiger partial charge < -0.3 is 5.11 Å². The van der Waals surface area contributed by atoms with Crippen LogP contribution in [0, 0.1) is 11.8 Å². The van der Waals surface area contributed by atoms with Crippen LogP contribution in [0.25, 0.3) is 0 Å². The third-order valence-electron chi connectivity index (χ3n) is 3.68. The number of hydrogen-bond acceptors (Lipinski definition) is 3. The molecule has 1 aromatic rings. The molecule has 17 heavy (non-hydrogen) atoms. The minimum absolute atomic E-state index is 0.113. The van der Waals surface area contributed by atoms with Gasteiger partial charge in [0, 0.05) is 17.2 Å². The lowest BCUT2D eigenvalue weighted by atomic mass is 9.93. The van der Waals surface area contributed by atoms with E-state index in [9.17, 15) is 5.11 Å². The topological polar surface area (TPSA) is 33.1 Å². The Morgan fingerprint density at radius 3 is 2.59 bits per heavy atom. The molecule has 96 valence electrons. The SMILES string of the molecule is CC(C(O)Cc1nc(C(C)(C)C)cs1)C1CC1. The smallest absolute Gasteiger partial charge is 0.0954 e. The highest BCUT2D eigenvalue weighted by Crippen LogP contribution is 2.39. The van der Waals surface area contributed by atoms with Crippen LogP contribution >= 0.6 is 11.3 Å². The third kappa shape index (κ3) is 3.29. The first-order chi connectivity index (χ1) is 7.88. The molecule has 1 aliphatic rings. The van der Waals surface area contributed by atoms with E-state index in [0.717, 1.165) is 23.0 Å². The predicted molar refractivity (Wildman–Crippen MR) is 72.4 cm³/mol. The Bertz CT molecular complexity index is 376. The van der Waals surface area contributed by atoms with Gasteiger partial charge >= 0.3 is 0 Å². The normalized spacial score (nSPS) is 20.3. The zero-order valence-electron chi connectivity index (χ0n) is 11.2. The fourth-order valence-electron chi connectivity index (χ4n) is 2.05. The van der Waals surface area contributed by atoms with Crippen molar-refractivity contribution in [2.24, 2.45) is 11.8 Å². The van der Waals surface area contributed by atoms with Crippen LogP contribution < -0.4 is 0 Å². The van der Waals surface area contributed by atoms with Gasteiger partial charge in [0.05, 0.1) is 16.8 Å². The quantitative estimate of drug-likeness (QED) is 0.892. The van der Waals surface area contributed by atoms with Crippen molar-refractivity contribution >= 4 is 11.3 Å². The molecule has 0 aromatic carbocycles. The lowest BCUT2D eigenvalue weighted by Crippen LogP contribution is -2.22. The summed E-state index contributed by atoms with van der Waals surface area (Å²) in [6, 6.07) is 0. The average molecular weight is 253 g/mol. The summed E-state index contributed by atoms with van der Waals surface area (Å²) in [6.45, 7) is 8.69. The molecule has 0 saturated heterocycles. The molecule has 1 saturated carbocycles. The van der Waals surface area contributed by atoms with Crippen molar-refractivity contribution in [3.8, 4) is 0 Å². The van der Waals surface area contributed by atoms with Crippen LogP contribution in [0.3, 0.4) is 0 Å². The van der Waals surface area contributed by atoms with E-state index >= 15 is 0 Å². The highest BCUT2D eigenvalue weighted by atomic mass is 32.1. The van der Waals surface area contributed by atoms with E-state index in [2.05, 4.69) is 38.1 Å². The van der Waals surface area contributed by atoms with Crippen LogP contribution in [0.1, 0.15) is 51.2 Å². The lowest BCUT2D eigenvalue weighted by molar-refractivity contribution is 0.105. The van der Waals surface area contributed by atoms with Gasteiger partial charge in [0.2, 0.25) is 0 Å².